The molecule has 54 heavy (non-hydrogen) atoms. The van der Waals surface area contributed by atoms with E-state index in [2.05, 4.69) is 155 Å². The molecule has 0 fully saturated rings. The van der Waals surface area contributed by atoms with E-state index < -0.39 is 0 Å². The van der Waals surface area contributed by atoms with Gasteiger partial charge in [0.2, 0.25) is 0 Å². The average molecular weight is 693 g/mol. The van der Waals surface area contributed by atoms with Crippen LogP contribution in [0.25, 0.3) is 93.2 Å². The Kier molecular flexibility index (Phi) is 6.67. The van der Waals surface area contributed by atoms with Crippen molar-refractivity contribution in [2.75, 3.05) is 5.32 Å². The van der Waals surface area contributed by atoms with Gasteiger partial charge >= 0.3 is 0 Å². The number of anilines is 2. The highest BCUT2D eigenvalue weighted by Crippen LogP contribution is 2.47. The molecule has 0 saturated carbocycles. The topological polar surface area (TPSA) is 50.3 Å². The molecule has 0 aliphatic rings. The lowest BCUT2D eigenvalue weighted by Gasteiger charge is -2.15. The van der Waals surface area contributed by atoms with Gasteiger partial charge in [-0.15, -0.1) is 0 Å². The number of phenols is 1. The minimum atomic E-state index is 0.157. The number of furan rings is 1. The molecule has 0 atom stereocenters. The highest BCUT2D eigenvalue weighted by Gasteiger charge is 2.21. The molecule has 11 aromatic rings. The van der Waals surface area contributed by atoms with E-state index in [0.717, 1.165) is 55.3 Å². The van der Waals surface area contributed by atoms with Crippen LogP contribution in [0.3, 0.4) is 0 Å². The third-order valence-corrected chi connectivity index (χ3v) is 10.8. The van der Waals surface area contributed by atoms with Crippen molar-refractivity contribution in [1.29, 1.82) is 0 Å². The minimum Gasteiger partial charge on any atom is -0.506 e. The molecule has 2 aromatic heterocycles. The summed E-state index contributed by atoms with van der Waals surface area (Å²) in [5.41, 5.74) is 10.6. The van der Waals surface area contributed by atoms with Crippen LogP contribution < -0.4 is 5.32 Å². The van der Waals surface area contributed by atoms with Crippen LogP contribution in [-0.4, -0.2) is 9.67 Å². The van der Waals surface area contributed by atoms with Crippen molar-refractivity contribution in [3.8, 4) is 33.7 Å². The zero-order valence-corrected chi connectivity index (χ0v) is 29.1. The van der Waals surface area contributed by atoms with E-state index in [1.165, 1.54) is 43.6 Å². The molecule has 254 valence electrons. The van der Waals surface area contributed by atoms with Gasteiger partial charge in [0.15, 0.2) is 0 Å². The van der Waals surface area contributed by atoms with Crippen molar-refractivity contribution in [3.63, 3.8) is 0 Å². The van der Waals surface area contributed by atoms with Crippen molar-refractivity contribution >= 4 is 76.7 Å². The number of nitrogens with one attached hydrogen (secondary N) is 1. The molecule has 4 heteroatoms. The lowest BCUT2D eigenvalue weighted by molar-refractivity contribution is 0.478. The number of hydrogen-bond donors (Lipinski definition) is 2. The third-order valence-electron chi connectivity index (χ3n) is 10.8. The fraction of sp³-hybridized carbons (Fsp3) is 0. The summed E-state index contributed by atoms with van der Waals surface area (Å²) in [6.07, 6.45) is 0. The Morgan fingerprint density at radius 3 is 2.00 bits per heavy atom. The zero-order chi connectivity index (χ0) is 35.8. The normalized spacial score (nSPS) is 11.8. The van der Waals surface area contributed by atoms with E-state index in [9.17, 15) is 5.11 Å². The Balaban J connectivity index is 1.05. The Morgan fingerprint density at radius 2 is 1.17 bits per heavy atom. The third kappa shape index (κ3) is 4.64. The fourth-order valence-corrected chi connectivity index (χ4v) is 8.37. The van der Waals surface area contributed by atoms with Crippen LogP contribution in [0.15, 0.2) is 186 Å². The monoisotopic (exact) mass is 692 g/mol. The van der Waals surface area contributed by atoms with Crippen molar-refractivity contribution in [2.24, 2.45) is 0 Å². The first-order chi connectivity index (χ1) is 26.7. The summed E-state index contributed by atoms with van der Waals surface area (Å²) < 4.78 is 8.93. The Bertz CT molecular complexity index is 3250. The molecule has 0 radical (unpaired) electrons. The number of rotatable bonds is 5. The predicted molar refractivity (Wildman–Crippen MR) is 225 cm³/mol. The second-order valence-corrected chi connectivity index (χ2v) is 13.9. The van der Waals surface area contributed by atoms with E-state index in [1.807, 2.05) is 36.4 Å². The van der Waals surface area contributed by atoms with Gasteiger partial charge in [0.25, 0.3) is 0 Å². The molecule has 9 aromatic carbocycles. The first-order valence-corrected chi connectivity index (χ1v) is 18.2. The molecule has 0 spiro atoms. The van der Waals surface area contributed by atoms with Crippen LogP contribution >= 0.6 is 0 Å². The first kappa shape index (κ1) is 30.3. The van der Waals surface area contributed by atoms with Crippen LogP contribution in [0.4, 0.5) is 11.4 Å². The highest BCUT2D eigenvalue weighted by molar-refractivity contribution is 6.22. The van der Waals surface area contributed by atoms with Gasteiger partial charge in [-0.2, -0.15) is 0 Å². The second-order valence-electron chi connectivity index (χ2n) is 13.9. The SMILES string of the molecule is Oc1cc(-c2ccc3ccccc3c2)c2oc3ccccc3c2c1Nc1ccc(-n2c3ccccc3c3cc(-c4ccccc4)c4ccccc4c32)cc1. The molecule has 0 saturated heterocycles. The fourth-order valence-electron chi connectivity index (χ4n) is 8.37. The zero-order valence-electron chi connectivity index (χ0n) is 29.1. The van der Waals surface area contributed by atoms with Crippen molar-refractivity contribution in [2.45, 2.75) is 0 Å². The smallest absolute Gasteiger partial charge is 0.145 e. The number of aromatic hydroxyl groups is 1. The Labute approximate surface area is 310 Å². The first-order valence-electron chi connectivity index (χ1n) is 18.2. The molecular formula is C50H32N2O2. The van der Waals surface area contributed by atoms with Gasteiger partial charge in [0.1, 0.15) is 16.9 Å². The van der Waals surface area contributed by atoms with Gasteiger partial charge in [0.05, 0.1) is 22.1 Å². The summed E-state index contributed by atoms with van der Waals surface area (Å²) in [5, 5.41) is 24.3. The molecule has 2 N–H and O–H groups in total. The summed E-state index contributed by atoms with van der Waals surface area (Å²) in [5.74, 6) is 0.157. The van der Waals surface area contributed by atoms with Crippen LogP contribution in [0.5, 0.6) is 5.75 Å². The quantitative estimate of drug-likeness (QED) is 0.177. The Morgan fingerprint density at radius 1 is 0.481 bits per heavy atom. The summed E-state index contributed by atoms with van der Waals surface area (Å²) in [6, 6.07) is 63.4. The van der Waals surface area contributed by atoms with E-state index in [0.29, 0.717) is 5.69 Å². The minimum absolute atomic E-state index is 0.157. The van der Waals surface area contributed by atoms with Crippen LogP contribution in [0.1, 0.15) is 0 Å². The molecule has 0 amide bonds. The van der Waals surface area contributed by atoms with Crippen LogP contribution in [-0.2, 0) is 0 Å². The number of hydrogen-bond acceptors (Lipinski definition) is 3. The summed E-state index contributed by atoms with van der Waals surface area (Å²) in [7, 11) is 0. The largest absolute Gasteiger partial charge is 0.506 e. The second kappa shape index (κ2) is 11.9. The number of fused-ring (bicyclic) bond motifs is 9. The van der Waals surface area contributed by atoms with E-state index in [-0.39, 0.29) is 5.75 Å². The van der Waals surface area contributed by atoms with Gasteiger partial charge in [-0.25, -0.2) is 0 Å². The standard InChI is InChI=1S/C50H32N2O2/c53-45-30-42(34-23-22-31-12-4-5-15-33(31)28-34)50-47(40-19-9-11-21-46(40)54-50)48(45)51-35-24-26-36(27-25-35)52-44-20-10-8-17-38(44)43-29-41(32-13-2-1-3-14-32)37-16-6-7-18-39(37)49(43)52/h1-30,51,53H. The number of para-hydroxylation sites is 2. The maximum Gasteiger partial charge on any atom is 0.145 e. The van der Waals surface area contributed by atoms with Crippen LogP contribution in [0.2, 0.25) is 0 Å². The van der Waals surface area contributed by atoms with Crippen molar-refractivity contribution in [1.82, 2.24) is 4.57 Å². The average Bonchev–Trinajstić information content (AvgIpc) is 3.78. The van der Waals surface area contributed by atoms with E-state index in [4.69, 9.17) is 4.42 Å². The lowest BCUT2D eigenvalue weighted by Crippen LogP contribution is -1.97. The van der Waals surface area contributed by atoms with Gasteiger partial charge in [-0.3, -0.25) is 0 Å². The van der Waals surface area contributed by atoms with E-state index >= 15 is 0 Å². The summed E-state index contributed by atoms with van der Waals surface area (Å²) in [6.45, 7) is 0. The highest BCUT2D eigenvalue weighted by atomic mass is 16.3. The number of nitrogens with zero attached hydrogens (tertiary/aromatic N) is 1. The molecule has 0 unspecified atom stereocenters. The predicted octanol–water partition coefficient (Wildman–Crippen LogP) is 13.8. The van der Waals surface area contributed by atoms with Gasteiger partial charge in [-0.1, -0.05) is 127 Å². The van der Waals surface area contributed by atoms with Gasteiger partial charge in [0, 0.05) is 38.5 Å². The number of benzene rings is 9. The van der Waals surface area contributed by atoms with Crippen molar-refractivity contribution in [3.05, 3.63) is 182 Å². The lowest BCUT2D eigenvalue weighted by atomic mass is 9.95. The molecule has 0 aliphatic heterocycles. The van der Waals surface area contributed by atoms with E-state index in [1.54, 1.807) is 0 Å². The molecule has 0 bridgehead atoms. The number of aromatic nitrogens is 1. The maximum absolute atomic E-state index is 11.7. The van der Waals surface area contributed by atoms with Crippen LogP contribution in [0, 0.1) is 0 Å². The van der Waals surface area contributed by atoms with Crippen molar-refractivity contribution < 1.29 is 9.52 Å². The van der Waals surface area contributed by atoms with Gasteiger partial charge < -0.3 is 19.4 Å². The maximum atomic E-state index is 11.7. The molecule has 0 aliphatic carbocycles. The molecule has 2 heterocycles. The summed E-state index contributed by atoms with van der Waals surface area (Å²) >= 11 is 0. The Hall–Kier alpha value is -7.30. The molecule has 11 rings (SSSR count). The molecular weight excluding hydrogens is 661 g/mol. The van der Waals surface area contributed by atoms with Gasteiger partial charge in [-0.05, 0) is 87.4 Å². The molecule has 4 nitrogen and oxygen atoms in total. The number of phenolic OH excluding ortho intramolecular Hbond substituents is 1. The summed E-state index contributed by atoms with van der Waals surface area (Å²) in [4.78, 5) is 0.